The van der Waals surface area contributed by atoms with Crippen molar-refractivity contribution in [1.29, 1.82) is 0 Å². The lowest BCUT2D eigenvalue weighted by molar-refractivity contribution is 0.445. The molecule has 0 atom stereocenters. The van der Waals surface area contributed by atoms with Crippen molar-refractivity contribution in [2.75, 3.05) is 13.1 Å². The monoisotopic (exact) mass is 300 g/mol. The molecule has 1 N–H and O–H groups in total. The van der Waals surface area contributed by atoms with Gasteiger partial charge in [-0.05, 0) is 31.0 Å². The van der Waals surface area contributed by atoms with Crippen molar-refractivity contribution in [2.24, 2.45) is 0 Å². The first kappa shape index (κ1) is 15.4. The van der Waals surface area contributed by atoms with E-state index < -0.39 is 10.0 Å². The first-order valence-corrected chi connectivity index (χ1v) is 8.45. The van der Waals surface area contributed by atoms with E-state index in [0.717, 1.165) is 12.8 Å². The van der Waals surface area contributed by atoms with Gasteiger partial charge in [-0.3, -0.25) is 0 Å². The predicted molar refractivity (Wildman–Crippen MR) is 76.4 cm³/mol. The lowest BCUT2D eigenvalue weighted by atomic mass is 10.2. The van der Waals surface area contributed by atoms with Crippen LogP contribution in [0.25, 0.3) is 0 Å². The number of hydrogen-bond donors (Lipinski definition) is 1. The van der Waals surface area contributed by atoms with Crippen LogP contribution < -0.4 is 5.32 Å². The lowest BCUT2D eigenvalue weighted by Gasteiger charge is -2.19. The van der Waals surface area contributed by atoms with Crippen molar-refractivity contribution in [3.05, 3.63) is 29.6 Å². The first-order chi connectivity index (χ1) is 9.48. The smallest absolute Gasteiger partial charge is 0.243 e. The molecule has 0 unspecified atom stereocenters. The molecule has 1 aromatic rings. The molecule has 0 aliphatic heterocycles. The Kier molecular flexibility index (Phi) is 4.78. The summed E-state index contributed by atoms with van der Waals surface area (Å²) < 4.78 is 39.9. The van der Waals surface area contributed by atoms with Gasteiger partial charge in [-0.2, -0.15) is 4.31 Å². The number of benzene rings is 1. The summed E-state index contributed by atoms with van der Waals surface area (Å²) in [5.74, 6) is -0.364. The summed E-state index contributed by atoms with van der Waals surface area (Å²) in [6, 6.07) is 4.47. The van der Waals surface area contributed by atoms with Gasteiger partial charge in [0.25, 0.3) is 0 Å². The van der Waals surface area contributed by atoms with Gasteiger partial charge in [0, 0.05) is 31.2 Å². The molecule has 6 heteroatoms. The van der Waals surface area contributed by atoms with Crippen molar-refractivity contribution in [2.45, 2.75) is 44.2 Å². The lowest BCUT2D eigenvalue weighted by Crippen LogP contribution is -2.30. The Balaban J connectivity index is 2.24. The van der Waals surface area contributed by atoms with Gasteiger partial charge in [0.2, 0.25) is 10.0 Å². The number of nitrogens with one attached hydrogen (secondary N) is 1. The predicted octanol–water partition coefficient (Wildman–Crippen LogP) is 2.11. The van der Waals surface area contributed by atoms with Gasteiger partial charge in [-0.25, -0.2) is 12.8 Å². The zero-order valence-corrected chi connectivity index (χ0v) is 12.7. The highest BCUT2D eigenvalue weighted by Gasteiger charge is 2.24. The third-order valence-electron chi connectivity index (χ3n) is 3.52. The van der Waals surface area contributed by atoms with Gasteiger partial charge in [-0.1, -0.05) is 13.8 Å². The minimum atomic E-state index is -3.52. The Bertz CT molecular complexity index is 567. The fourth-order valence-corrected chi connectivity index (χ4v) is 3.61. The Labute approximate surface area is 120 Å². The highest BCUT2D eigenvalue weighted by molar-refractivity contribution is 7.89. The summed E-state index contributed by atoms with van der Waals surface area (Å²) in [7, 11) is -3.52. The van der Waals surface area contributed by atoms with Crippen LogP contribution in [0.5, 0.6) is 0 Å². The van der Waals surface area contributed by atoms with E-state index in [0.29, 0.717) is 31.2 Å². The molecule has 0 bridgehead atoms. The molecule has 1 aromatic carbocycles. The topological polar surface area (TPSA) is 49.4 Å². The van der Waals surface area contributed by atoms with Gasteiger partial charge >= 0.3 is 0 Å². The van der Waals surface area contributed by atoms with Crippen LogP contribution in [0.3, 0.4) is 0 Å². The number of rotatable bonds is 7. The van der Waals surface area contributed by atoms with E-state index in [1.54, 1.807) is 13.8 Å². The van der Waals surface area contributed by atoms with E-state index >= 15 is 0 Å². The van der Waals surface area contributed by atoms with Crippen molar-refractivity contribution in [1.82, 2.24) is 9.62 Å². The second kappa shape index (κ2) is 6.20. The first-order valence-electron chi connectivity index (χ1n) is 7.01. The maximum absolute atomic E-state index is 13.7. The zero-order valence-electron chi connectivity index (χ0n) is 11.9. The van der Waals surface area contributed by atoms with Crippen molar-refractivity contribution in [3.63, 3.8) is 0 Å². The summed E-state index contributed by atoms with van der Waals surface area (Å²) >= 11 is 0. The van der Waals surface area contributed by atoms with Gasteiger partial charge in [0.1, 0.15) is 5.82 Å². The maximum Gasteiger partial charge on any atom is 0.243 e. The average Bonchev–Trinajstić information content (AvgIpc) is 3.22. The van der Waals surface area contributed by atoms with Gasteiger partial charge in [0.15, 0.2) is 0 Å². The Morgan fingerprint density at radius 3 is 2.50 bits per heavy atom. The molecule has 0 heterocycles. The van der Waals surface area contributed by atoms with E-state index in [4.69, 9.17) is 0 Å². The number of nitrogens with zero attached hydrogens (tertiary/aromatic N) is 1. The molecule has 1 aliphatic carbocycles. The number of sulfonamides is 1. The molecule has 0 radical (unpaired) electrons. The largest absolute Gasteiger partial charge is 0.310 e. The van der Waals surface area contributed by atoms with Crippen LogP contribution in [-0.2, 0) is 16.6 Å². The van der Waals surface area contributed by atoms with Crippen molar-refractivity contribution >= 4 is 10.0 Å². The molecule has 0 saturated heterocycles. The molecule has 1 aliphatic rings. The van der Waals surface area contributed by atoms with Crippen LogP contribution in [0, 0.1) is 5.82 Å². The highest BCUT2D eigenvalue weighted by Crippen LogP contribution is 2.22. The standard InChI is InChI=1S/C14H21FN2O2S/c1-3-17(4-2)20(18,19)13-7-8-14(15)11(9-13)10-16-12-5-6-12/h7-9,12,16H,3-6,10H2,1-2H3. The molecular formula is C14H21FN2O2S. The Morgan fingerprint density at radius 1 is 1.30 bits per heavy atom. The van der Waals surface area contributed by atoms with E-state index in [9.17, 15) is 12.8 Å². The second-order valence-corrected chi connectivity index (χ2v) is 6.94. The second-order valence-electron chi connectivity index (χ2n) is 5.00. The van der Waals surface area contributed by atoms with E-state index in [2.05, 4.69) is 5.32 Å². The highest BCUT2D eigenvalue weighted by atomic mass is 32.2. The van der Waals surface area contributed by atoms with Crippen molar-refractivity contribution in [3.8, 4) is 0 Å². The molecule has 2 rings (SSSR count). The van der Waals surface area contributed by atoms with Crippen LogP contribution in [0.4, 0.5) is 4.39 Å². The molecule has 4 nitrogen and oxygen atoms in total. The minimum absolute atomic E-state index is 0.162. The van der Waals surface area contributed by atoms with E-state index in [-0.39, 0.29) is 10.7 Å². The van der Waals surface area contributed by atoms with Gasteiger partial charge < -0.3 is 5.32 Å². The van der Waals surface area contributed by atoms with Gasteiger partial charge in [0.05, 0.1) is 4.90 Å². The average molecular weight is 300 g/mol. The van der Waals surface area contributed by atoms with Crippen molar-refractivity contribution < 1.29 is 12.8 Å². The Morgan fingerprint density at radius 2 is 1.95 bits per heavy atom. The van der Waals surface area contributed by atoms with E-state index in [1.807, 2.05) is 0 Å². The summed E-state index contributed by atoms with van der Waals surface area (Å²) in [6.45, 7) is 4.77. The summed E-state index contributed by atoms with van der Waals surface area (Å²) in [5, 5.41) is 3.20. The maximum atomic E-state index is 13.7. The van der Waals surface area contributed by atoms with E-state index in [1.165, 1.54) is 22.5 Å². The number of hydrogen-bond acceptors (Lipinski definition) is 3. The normalized spacial score (nSPS) is 15.8. The van der Waals surface area contributed by atoms with Crippen LogP contribution in [-0.4, -0.2) is 31.9 Å². The molecule has 20 heavy (non-hydrogen) atoms. The van der Waals surface area contributed by atoms with Crippen LogP contribution in [0.2, 0.25) is 0 Å². The molecule has 112 valence electrons. The molecule has 1 fully saturated rings. The third kappa shape index (κ3) is 3.37. The quantitative estimate of drug-likeness (QED) is 0.839. The summed E-state index contributed by atoms with van der Waals surface area (Å²) in [6.07, 6.45) is 2.22. The molecule has 1 saturated carbocycles. The fourth-order valence-electron chi connectivity index (χ4n) is 2.10. The number of halogens is 1. The SMILES string of the molecule is CCN(CC)S(=O)(=O)c1ccc(F)c(CNC2CC2)c1. The van der Waals surface area contributed by atoms with Crippen LogP contribution in [0.1, 0.15) is 32.3 Å². The molecule has 0 aromatic heterocycles. The minimum Gasteiger partial charge on any atom is -0.310 e. The van der Waals surface area contributed by atoms with Gasteiger partial charge in [-0.15, -0.1) is 0 Å². The van der Waals surface area contributed by atoms with Crippen LogP contribution >= 0.6 is 0 Å². The fraction of sp³-hybridized carbons (Fsp3) is 0.571. The Hall–Kier alpha value is -0.980. The summed E-state index contributed by atoms with van der Waals surface area (Å²) in [4.78, 5) is 0.162. The molecule has 0 amide bonds. The third-order valence-corrected chi connectivity index (χ3v) is 5.56. The van der Waals surface area contributed by atoms with Crippen LogP contribution in [0.15, 0.2) is 23.1 Å². The molecular weight excluding hydrogens is 279 g/mol. The zero-order chi connectivity index (χ0) is 14.8. The summed E-state index contributed by atoms with van der Waals surface area (Å²) in [5.41, 5.74) is 0.408. The molecule has 0 spiro atoms.